The lowest BCUT2D eigenvalue weighted by molar-refractivity contribution is 0.0798. The number of benzene rings is 1. The van der Waals surface area contributed by atoms with E-state index in [2.05, 4.69) is 0 Å². The number of carbonyl (C=O) groups is 1. The number of nitrogens with zero attached hydrogens (tertiary/aromatic N) is 1. The van der Waals surface area contributed by atoms with Gasteiger partial charge in [0.05, 0.1) is 15.0 Å². The first-order chi connectivity index (χ1) is 10.5. The Labute approximate surface area is 134 Å². The summed E-state index contributed by atoms with van der Waals surface area (Å²) in [6.45, 7) is 2.71. The SMILES string of the molecule is Cc1csc(C(=O)N2CC[C@H](S(=O)(=O)c3ccccc3)C2)c1. The molecule has 0 radical (unpaired) electrons. The van der Waals surface area contributed by atoms with Crippen molar-refractivity contribution >= 4 is 27.1 Å². The molecule has 6 heteroatoms. The molecule has 1 amide bonds. The van der Waals surface area contributed by atoms with Gasteiger partial charge in [-0.15, -0.1) is 11.3 Å². The maximum atomic E-state index is 12.6. The van der Waals surface area contributed by atoms with E-state index in [0.29, 0.717) is 22.7 Å². The standard InChI is InChI=1S/C16H17NO3S2/c1-12-9-15(21-11-12)16(18)17-8-7-14(10-17)22(19,20)13-5-3-2-4-6-13/h2-6,9,11,14H,7-8,10H2,1H3/t14-/m0/s1. The molecule has 0 unspecified atom stereocenters. The lowest BCUT2D eigenvalue weighted by Crippen LogP contribution is -2.31. The predicted molar refractivity (Wildman–Crippen MR) is 87.0 cm³/mol. The molecular formula is C16H17NO3S2. The van der Waals surface area contributed by atoms with Crippen LogP contribution in [0.25, 0.3) is 0 Å². The molecule has 1 atom stereocenters. The Bertz CT molecular complexity index is 781. The topological polar surface area (TPSA) is 54.5 Å². The molecular weight excluding hydrogens is 318 g/mol. The second-order valence-electron chi connectivity index (χ2n) is 5.51. The molecule has 0 saturated carbocycles. The van der Waals surface area contributed by atoms with Crippen molar-refractivity contribution in [3.8, 4) is 0 Å². The van der Waals surface area contributed by atoms with Gasteiger partial charge in [-0.05, 0) is 42.5 Å². The van der Waals surface area contributed by atoms with Crippen molar-refractivity contribution < 1.29 is 13.2 Å². The second-order valence-corrected chi connectivity index (χ2v) is 8.65. The van der Waals surface area contributed by atoms with Gasteiger partial charge in [-0.1, -0.05) is 18.2 Å². The number of hydrogen-bond donors (Lipinski definition) is 0. The van der Waals surface area contributed by atoms with Gasteiger partial charge in [0.25, 0.3) is 5.91 Å². The molecule has 0 aliphatic carbocycles. The number of amides is 1. The van der Waals surface area contributed by atoms with E-state index < -0.39 is 15.1 Å². The van der Waals surface area contributed by atoms with E-state index in [1.165, 1.54) is 11.3 Å². The van der Waals surface area contributed by atoms with Crippen molar-refractivity contribution in [2.45, 2.75) is 23.5 Å². The molecule has 1 aliphatic heterocycles. The highest BCUT2D eigenvalue weighted by atomic mass is 32.2. The Morgan fingerprint density at radius 2 is 2.00 bits per heavy atom. The van der Waals surface area contributed by atoms with E-state index in [0.717, 1.165) is 5.56 Å². The third kappa shape index (κ3) is 2.80. The number of carbonyl (C=O) groups excluding carboxylic acids is 1. The van der Waals surface area contributed by atoms with Crippen molar-refractivity contribution in [1.82, 2.24) is 4.90 Å². The average Bonchev–Trinajstić information content (AvgIpc) is 3.17. The van der Waals surface area contributed by atoms with Crippen molar-refractivity contribution in [1.29, 1.82) is 0 Å². The average molecular weight is 335 g/mol. The summed E-state index contributed by atoms with van der Waals surface area (Å²) in [6.07, 6.45) is 0.493. The fourth-order valence-electron chi connectivity index (χ4n) is 2.67. The number of hydrogen-bond acceptors (Lipinski definition) is 4. The third-order valence-corrected chi connectivity index (χ3v) is 7.11. The fraction of sp³-hybridized carbons (Fsp3) is 0.312. The van der Waals surface area contributed by atoms with Crippen LogP contribution >= 0.6 is 11.3 Å². The first-order valence-electron chi connectivity index (χ1n) is 7.12. The van der Waals surface area contributed by atoms with Crippen LogP contribution in [0.2, 0.25) is 0 Å². The summed E-state index contributed by atoms with van der Waals surface area (Å²) in [5.74, 6) is -0.0659. The number of sulfone groups is 1. The van der Waals surface area contributed by atoms with Gasteiger partial charge >= 0.3 is 0 Å². The van der Waals surface area contributed by atoms with Crippen molar-refractivity contribution in [2.75, 3.05) is 13.1 Å². The zero-order chi connectivity index (χ0) is 15.7. The number of aryl methyl sites for hydroxylation is 1. The monoisotopic (exact) mass is 335 g/mol. The highest BCUT2D eigenvalue weighted by Crippen LogP contribution is 2.26. The fourth-order valence-corrected chi connectivity index (χ4v) is 5.25. The molecule has 1 aromatic carbocycles. The Balaban J connectivity index is 1.76. The highest BCUT2D eigenvalue weighted by molar-refractivity contribution is 7.92. The van der Waals surface area contributed by atoms with Crippen molar-refractivity contribution in [3.05, 3.63) is 52.2 Å². The molecule has 2 aromatic rings. The molecule has 1 fully saturated rings. The van der Waals surface area contributed by atoms with Gasteiger partial charge in [-0.3, -0.25) is 4.79 Å². The van der Waals surface area contributed by atoms with E-state index in [1.807, 2.05) is 18.4 Å². The second kappa shape index (κ2) is 5.85. The van der Waals surface area contributed by atoms with Gasteiger partial charge in [-0.25, -0.2) is 8.42 Å². The van der Waals surface area contributed by atoms with Crippen LogP contribution in [-0.4, -0.2) is 37.6 Å². The molecule has 4 nitrogen and oxygen atoms in total. The van der Waals surface area contributed by atoms with Gasteiger partial charge in [0.2, 0.25) is 0 Å². The number of rotatable bonds is 3. The summed E-state index contributed by atoms with van der Waals surface area (Å²) >= 11 is 1.41. The van der Waals surface area contributed by atoms with Crippen LogP contribution in [0, 0.1) is 6.92 Å². The summed E-state index contributed by atoms with van der Waals surface area (Å²) < 4.78 is 25.2. The first-order valence-corrected chi connectivity index (χ1v) is 9.54. The van der Waals surface area contributed by atoms with Crippen molar-refractivity contribution in [2.24, 2.45) is 0 Å². The van der Waals surface area contributed by atoms with Crippen LogP contribution in [0.15, 0.2) is 46.7 Å². The van der Waals surface area contributed by atoms with Gasteiger partial charge in [0.1, 0.15) is 0 Å². The van der Waals surface area contributed by atoms with E-state index in [4.69, 9.17) is 0 Å². The van der Waals surface area contributed by atoms with Crippen LogP contribution in [0.4, 0.5) is 0 Å². The third-order valence-electron chi connectivity index (χ3n) is 3.88. The highest BCUT2D eigenvalue weighted by Gasteiger charge is 2.36. The van der Waals surface area contributed by atoms with E-state index in [9.17, 15) is 13.2 Å². The molecule has 3 rings (SSSR count). The predicted octanol–water partition coefficient (Wildman–Crippen LogP) is 2.74. The van der Waals surface area contributed by atoms with Gasteiger partial charge in [0, 0.05) is 13.1 Å². The molecule has 1 aliphatic rings. The molecule has 22 heavy (non-hydrogen) atoms. The number of thiophene rings is 1. The van der Waals surface area contributed by atoms with E-state index in [-0.39, 0.29) is 12.5 Å². The summed E-state index contributed by atoms with van der Waals surface area (Å²) in [5, 5.41) is 1.42. The molecule has 0 spiro atoms. The van der Waals surface area contributed by atoms with Crippen molar-refractivity contribution in [3.63, 3.8) is 0 Å². The minimum absolute atomic E-state index is 0.0659. The quantitative estimate of drug-likeness (QED) is 0.867. The maximum Gasteiger partial charge on any atom is 0.263 e. The van der Waals surface area contributed by atoms with Crippen LogP contribution in [0.3, 0.4) is 0 Å². The minimum atomic E-state index is -3.37. The lowest BCUT2D eigenvalue weighted by atomic mass is 10.3. The Kier molecular flexibility index (Phi) is 4.06. The van der Waals surface area contributed by atoms with Gasteiger partial charge < -0.3 is 4.90 Å². The summed E-state index contributed by atoms with van der Waals surface area (Å²) in [7, 11) is -3.37. The molecule has 0 N–H and O–H groups in total. The molecule has 2 heterocycles. The smallest absolute Gasteiger partial charge is 0.263 e. The molecule has 0 bridgehead atoms. The summed E-state index contributed by atoms with van der Waals surface area (Å²) in [6, 6.07) is 10.3. The Morgan fingerprint density at radius 1 is 1.27 bits per heavy atom. The van der Waals surface area contributed by atoms with Gasteiger partial charge in [0.15, 0.2) is 9.84 Å². The first kappa shape index (κ1) is 15.2. The van der Waals surface area contributed by atoms with E-state index >= 15 is 0 Å². The maximum absolute atomic E-state index is 12.6. The molecule has 1 aromatic heterocycles. The van der Waals surface area contributed by atoms with Crippen LogP contribution in [-0.2, 0) is 9.84 Å². The normalized spacial score (nSPS) is 18.6. The van der Waals surface area contributed by atoms with E-state index in [1.54, 1.807) is 35.2 Å². The largest absolute Gasteiger partial charge is 0.337 e. The Morgan fingerprint density at radius 3 is 2.64 bits per heavy atom. The van der Waals surface area contributed by atoms with Crippen LogP contribution < -0.4 is 0 Å². The minimum Gasteiger partial charge on any atom is -0.337 e. The van der Waals surface area contributed by atoms with Gasteiger partial charge in [-0.2, -0.15) is 0 Å². The Hall–Kier alpha value is -1.66. The zero-order valence-corrected chi connectivity index (χ0v) is 13.9. The van der Waals surface area contributed by atoms with Crippen LogP contribution in [0.5, 0.6) is 0 Å². The zero-order valence-electron chi connectivity index (χ0n) is 12.2. The summed E-state index contributed by atoms with van der Waals surface area (Å²) in [4.78, 5) is 15.1. The molecule has 1 saturated heterocycles. The molecule has 116 valence electrons. The lowest BCUT2D eigenvalue weighted by Gasteiger charge is -2.16. The summed E-state index contributed by atoms with van der Waals surface area (Å²) in [5.41, 5.74) is 1.06. The van der Waals surface area contributed by atoms with Crippen LogP contribution in [0.1, 0.15) is 21.7 Å². The number of likely N-dealkylation sites (tertiary alicyclic amines) is 1.